The lowest BCUT2D eigenvalue weighted by Gasteiger charge is -2.07. The summed E-state index contributed by atoms with van der Waals surface area (Å²) < 4.78 is 28.2. The predicted molar refractivity (Wildman–Crippen MR) is 70.4 cm³/mol. The summed E-state index contributed by atoms with van der Waals surface area (Å²) in [5.74, 6) is 1.000. The second-order valence-electron chi connectivity index (χ2n) is 3.77. The number of sulfone groups is 1. The zero-order valence-corrected chi connectivity index (χ0v) is 11.1. The van der Waals surface area contributed by atoms with Gasteiger partial charge in [0.1, 0.15) is 12.4 Å². The van der Waals surface area contributed by atoms with E-state index in [2.05, 4.69) is 5.32 Å². The number of benzene rings is 1. The number of hydrogen-bond acceptors (Lipinski definition) is 4. The van der Waals surface area contributed by atoms with Gasteiger partial charge < -0.3 is 10.1 Å². The zero-order valence-electron chi connectivity index (χ0n) is 10.3. The van der Waals surface area contributed by atoms with E-state index in [4.69, 9.17) is 4.74 Å². The van der Waals surface area contributed by atoms with Crippen molar-refractivity contribution in [3.63, 3.8) is 0 Å². The number of ether oxygens (including phenoxy) is 1. The standard InChI is InChI=1S/C12H19NO3S/c1-3-9-17(14,15)10-8-16-12-6-4-11(13-2)5-7-12/h4-7,13H,3,8-10H2,1-2H3. The van der Waals surface area contributed by atoms with Crippen molar-refractivity contribution >= 4 is 15.5 Å². The molecule has 0 aromatic heterocycles. The minimum Gasteiger partial charge on any atom is -0.493 e. The van der Waals surface area contributed by atoms with Crippen LogP contribution in [0.15, 0.2) is 24.3 Å². The van der Waals surface area contributed by atoms with Crippen LogP contribution in [0.25, 0.3) is 0 Å². The van der Waals surface area contributed by atoms with Gasteiger partial charge in [-0.25, -0.2) is 8.42 Å². The fourth-order valence-corrected chi connectivity index (χ4v) is 2.58. The molecule has 0 unspecified atom stereocenters. The van der Waals surface area contributed by atoms with E-state index in [9.17, 15) is 8.42 Å². The van der Waals surface area contributed by atoms with Crippen molar-refractivity contribution in [3.8, 4) is 5.75 Å². The van der Waals surface area contributed by atoms with Crippen LogP contribution in [0.3, 0.4) is 0 Å². The third kappa shape index (κ3) is 5.08. The van der Waals surface area contributed by atoms with Crippen LogP contribution in [0.4, 0.5) is 5.69 Å². The molecule has 0 spiro atoms. The molecule has 1 aromatic carbocycles. The largest absolute Gasteiger partial charge is 0.493 e. The van der Waals surface area contributed by atoms with Crippen molar-refractivity contribution in [2.75, 3.05) is 30.5 Å². The molecule has 1 N–H and O–H groups in total. The monoisotopic (exact) mass is 257 g/mol. The Hall–Kier alpha value is -1.23. The highest BCUT2D eigenvalue weighted by Crippen LogP contribution is 2.15. The molecule has 1 aromatic rings. The van der Waals surface area contributed by atoms with E-state index >= 15 is 0 Å². The van der Waals surface area contributed by atoms with E-state index in [1.54, 1.807) is 0 Å². The summed E-state index contributed by atoms with van der Waals surface area (Å²) in [5, 5.41) is 3.00. The van der Waals surface area contributed by atoms with Crippen LogP contribution >= 0.6 is 0 Å². The highest BCUT2D eigenvalue weighted by atomic mass is 32.2. The summed E-state index contributed by atoms with van der Waals surface area (Å²) in [6.07, 6.45) is 0.652. The van der Waals surface area contributed by atoms with Crippen LogP contribution in [0.2, 0.25) is 0 Å². The van der Waals surface area contributed by atoms with Crippen molar-refractivity contribution in [3.05, 3.63) is 24.3 Å². The highest BCUT2D eigenvalue weighted by Gasteiger charge is 2.09. The summed E-state index contributed by atoms with van der Waals surface area (Å²) in [4.78, 5) is 0. The fraction of sp³-hybridized carbons (Fsp3) is 0.500. The fourth-order valence-electron chi connectivity index (χ4n) is 1.42. The summed E-state index contributed by atoms with van der Waals surface area (Å²) >= 11 is 0. The molecule has 0 bridgehead atoms. The third-order valence-corrected chi connectivity index (χ3v) is 4.14. The lowest BCUT2D eigenvalue weighted by Crippen LogP contribution is -2.16. The minimum atomic E-state index is -2.95. The van der Waals surface area contributed by atoms with Gasteiger partial charge in [0.05, 0.1) is 11.5 Å². The summed E-state index contributed by atoms with van der Waals surface area (Å²) in [6, 6.07) is 7.41. The first-order valence-electron chi connectivity index (χ1n) is 5.68. The Balaban J connectivity index is 2.40. The Bertz CT molecular complexity index is 426. The van der Waals surface area contributed by atoms with Gasteiger partial charge in [-0.3, -0.25) is 0 Å². The van der Waals surface area contributed by atoms with Gasteiger partial charge in [-0.05, 0) is 30.7 Å². The first-order valence-corrected chi connectivity index (χ1v) is 7.50. The van der Waals surface area contributed by atoms with Gasteiger partial charge in [0, 0.05) is 12.7 Å². The second kappa shape index (κ2) is 6.49. The average molecular weight is 257 g/mol. The van der Waals surface area contributed by atoms with Gasteiger partial charge in [0.25, 0.3) is 0 Å². The molecule has 0 aliphatic heterocycles. The summed E-state index contributed by atoms with van der Waals surface area (Å²) in [5.41, 5.74) is 0.996. The van der Waals surface area contributed by atoms with E-state index in [1.807, 2.05) is 38.2 Å². The lowest BCUT2D eigenvalue weighted by molar-refractivity contribution is 0.341. The molecule has 4 nitrogen and oxygen atoms in total. The van der Waals surface area contributed by atoms with Crippen molar-refractivity contribution < 1.29 is 13.2 Å². The quantitative estimate of drug-likeness (QED) is 0.811. The van der Waals surface area contributed by atoms with Gasteiger partial charge in [-0.2, -0.15) is 0 Å². The summed E-state index contributed by atoms with van der Waals surface area (Å²) in [7, 11) is -1.11. The molecule has 0 radical (unpaired) electrons. The molecule has 0 aliphatic carbocycles. The summed E-state index contributed by atoms with van der Waals surface area (Å²) in [6.45, 7) is 2.07. The first-order chi connectivity index (χ1) is 8.07. The lowest BCUT2D eigenvalue weighted by atomic mass is 10.3. The maximum Gasteiger partial charge on any atom is 0.153 e. The molecule has 0 saturated carbocycles. The van der Waals surface area contributed by atoms with Crippen LogP contribution in [-0.4, -0.2) is 33.6 Å². The molecule has 0 heterocycles. The van der Waals surface area contributed by atoms with Crippen LogP contribution in [-0.2, 0) is 9.84 Å². The Labute approximate surface area is 103 Å². The molecular formula is C12H19NO3S. The van der Waals surface area contributed by atoms with E-state index < -0.39 is 9.84 Å². The van der Waals surface area contributed by atoms with Crippen molar-refractivity contribution in [2.45, 2.75) is 13.3 Å². The van der Waals surface area contributed by atoms with E-state index in [0.29, 0.717) is 12.2 Å². The van der Waals surface area contributed by atoms with Gasteiger partial charge in [-0.15, -0.1) is 0 Å². The number of rotatable bonds is 7. The van der Waals surface area contributed by atoms with E-state index in [0.717, 1.165) is 5.69 Å². The number of nitrogens with one attached hydrogen (secondary N) is 1. The average Bonchev–Trinajstić information content (AvgIpc) is 2.29. The molecule has 5 heteroatoms. The predicted octanol–water partition coefficient (Wildman–Crippen LogP) is 1.93. The number of anilines is 1. The molecular weight excluding hydrogens is 238 g/mol. The molecule has 0 aliphatic rings. The first kappa shape index (κ1) is 13.8. The zero-order chi connectivity index (χ0) is 12.7. The Morgan fingerprint density at radius 3 is 2.35 bits per heavy atom. The molecule has 0 fully saturated rings. The molecule has 17 heavy (non-hydrogen) atoms. The van der Waals surface area contributed by atoms with Crippen LogP contribution < -0.4 is 10.1 Å². The molecule has 96 valence electrons. The molecule has 0 atom stereocenters. The van der Waals surface area contributed by atoms with E-state index in [1.165, 1.54) is 0 Å². The number of hydrogen-bond donors (Lipinski definition) is 1. The van der Waals surface area contributed by atoms with Gasteiger partial charge in [-0.1, -0.05) is 6.92 Å². The Kier molecular flexibility index (Phi) is 5.28. The third-order valence-electron chi connectivity index (χ3n) is 2.32. The van der Waals surface area contributed by atoms with Gasteiger partial charge >= 0.3 is 0 Å². The SMILES string of the molecule is CCCS(=O)(=O)CCOc1ccc(NC)cc1. The Morgan fingerprint density at radius 1 is 1.18 bits per heavy atom. The highest BCUT2D eigenvalue weighted by molar-refractivity contribution is 7.91. The molecule has 0 amide bonds. The molecule has 0 saturated heterocycles. The minimum absolute atomic E-state index is 0.0780. The van der Waals surface area contributed by atoms with Crippen LogP contribution in [0, 0.1) is 0 Å². The van der Waals surface area contributed by atoms with Crippen molar-refractivity contribution in [1.82, 2.24) is 0 Å². The Morgan fingerprint density at radius 2 is 1.82 bits per heavy atom. The molecule has 1 rings (SSSR count). The van der Waals surface area contributed by atoms with Crippen LogP contribution in [0.5, 0.6) is 5.75 Å². The van der Waals surface area contributed by atoms with Crippen molar-refractivity contribution in [2.24, 2.45) is 0 Å². The smallest absolute Gasteiger partial charge is 0.153 e. The van der Waals surface area contributed by atoms with Gasteiger partial charge in [0.2, 0.25) is 0 Å². The normalized spacial score (nSPS) is 11.2. The maximum atomic E-state index is 11.4. The van der Waals surface area contributed by atoms with E-state index in [-0.39, 0.29) is 18.1 Å². The second-order valence-corrected chi connectivity index (χ2v) is 6.08. The topological polar surface area (TPSA) is 55.4 Å². The maximum absolute atomic E-state index is 11.4. The van der Waals surface area contributed by atoms with Gasteiger partial charge in [0.15, 0.2) is 9.84 Å². The van der Waals surface area contributed by atoms with Crippen molar-refractivity contribution in [1.29, 1.82) is 0 Å². The van der Waals surface area contributed by atoms with Crippen LogP contribution in [0.1, 0.15) is 13.3 Å².